The molecule has 80 valence electrons. The average molecular weight is 271 g/mol. The van der Waals surface area contributed by atoms with E-state index in [-0.39, 0.29) is 16.3 Å². The molecule has 2 nitrogen and oxygen atoms in total. The molecule has 0 spiro atoms. The van der Waals surface area contributed by atoms with Crippen molar-refractivity contribution in [3.8, 4) is 6.07 Å². The fourth-order valence-electron chi connectivity index (χ4n) is 1.18. The van der Waals surface area contributed by atoms with Crippen LogP contribution >= 0.6 is 15.9 Å². The lowest BCUT2D eigenvalue weighted by Gasteiger charge is -2.24. The summed E-state index contributed by atoms with van der Waals surface area (Å²) in [5, 5.41) is 8.72. The Labute approximate surface area is 97.4 Å². The molecule has 0 amide bonds. The first kappa shape index (κ1) is 12.0. The molecule has 0 unspecified atom stereocenters. The van der Waals surface area contributed by atoms with Gasteiger partial charge in [0, 0.05) is 13.1 Å². The van der Waals surface area contributed by atoms with E-state index < -0.39 is 0 Å². The topological polar surface area (TPSA) is 27.0 Å². The molecule has 0 aliphatic heterocycles. The largest absolute Gasteiger partial charge is 0.370 e. The molecule has 15 heavy (non-hydrogen) atoms. The van der Waals surface area contributed by atoms with Crippen LogP contribution in [-0.4, -0.2) is 13.1 Å². The van der Waals surface area contributed by atoms with Gasteiger partial charge in [0.1, 0.15) is 6.07 Å². The molecule has 0 saturated heterocycles. The van der Waals surface area contributed by atoms with Crippen molar-refractivity contribution in [3.63, 3.8) is 0 Å². The Balaban J connectivity index is 3.25. The fraction of sp³-hybridized carbons (Fsp3) is 0.364. The SMILES string of the molecule is CC(C)N(C)c1ccc(C#N)c(Br)c1F. The molecule has 1 aromatic carbocycles. The maximum atomic E-state index is 13.8. The summed E-state index contributed by atoms with van der Waals surface area (Å²) in [5.41, 5.74) is 0.810. The minimum atomic E-state index is -0.384. The summed E-state index contributed by atoms with van der Waals surface area (Å²) in [5.74, 6) is -0.384. The molecular formula is C11H12BrFN2. The van der Waals surface area contributed by atoms with E-state index in [0.717, 1.165) is 0 Å². The Morgan fingerprint density at radius 3 is 2.53 bits per heavy atom. The van der Waals surface area contributed by atoms with Gasteiger partial charge in [-0.1, -0.05) is 0 Å². The van der Waals surface area contributed by atoms with Crippen molar-refractivity contribution in [2.75, 3.05) is 11.9 Å². The minimum Gasteiger partial charge on any atom is -0.370 e. The van der Waals surface area contributed by atoms with Gasteiger partial charge in [-0.15, -0.1) is 0 Å². The highest BCUT2D eigenvalue weighted by Crippen LogP contribution is 2.29. The van der Waals surface area contributed by atoms with Crippen LogP contribution < -0.4 is 4.90 Å². The Hall–Kier alpha value is -1.08. The zero-order valence-electron chi connectivity index (χ0n) is 8.88. The Morgan fingerprint density at radius 2 is 2.07 bits per heavy atom. The lowest BCUT2D eigenvalue weighted by Crippen LogP contribution is -2.26. The molecule has 0 fully saturated rings. The number of hydrogen-bond acceptors (Lipinski definition) is 2. The number of rotatable bonds is 2. The van der Waals surface area contributed by atoms with Crippen LogP contribution in [0.15, 0.2) is 16.6 Å². The van der Waals surface area contributed by atoms with Crippen molar-refractivity contribution in [1.29, 1.82) is 5.26 Å². The zero-order valence-corrected chi connectivity index (χ0v) is 10.5. The summed E-state index contributed by atoms with van der Waals surface area (Å²) in [6, 6.07) is 5.37. The van der Waals surface area contributed by atoms with Gasteiger partial charge >= 0.3 is 0 Å². The van der Waals surface area contributed by atoms with Gasteiger partial charge < -0.3 is 4.90 Å². The second kappa shape index (κ2) is 4.63. The van der Waals surface area contributed by atoms with Crippen LogP contribution in [0.5, 0.6) is 0 Å². The monoisotopic (exact) mass is 270 g/mol. The van der Waals surface area contributed by atoms with Crippen molar-refractivity contribution in [1.82, 2.24) is 0 Å². The summed E-state index contributed by atoms with van der Waals surface area (Å²) in [6.07, 6.45) is 0. The summed E-state index contributed by atoms with van der Waals surface area (Å²) in [4.78, 5) is 1.82. The van der Waals surface area contributed by atoms with Gasteiger partial charge in [-0.05, 0) is 41.9 Å². The predicted molar refractivity (Wildman–Crippen MR) is 62.4 cm³/mol. The molecule has 0 aliphatic rings. The molecule has 4 heteroatoms. The third kappa shape index (κ3) is 2.29. The third-order valence-electron chi connectivity index (χ3n) is 2.34. The normalized spacial score (nSPS) is 10.2. The van der Waals surface area contributed by atoms with Gasteiger partial charge in [0.15, 0.2) is 5.82 Å². The number of nitrogens with zero attached hydrogens (tertiary/aromatic N) is 2. The van der Waals surface area contributed by atoms with Gasteiger partial charge in [-0.3, -0.25) is 0 Å². The van der Waals surface area contributed by atoms with E-state index in [2.05, 4.69) is 15.9 Å². The number of hydrogen-bond donors (Lipinski definition) is 0. The molecule has 0 heterocycles. The van der Waals surface area contributed by atoms with Crippen molar-refractivity contribution < 1.29 is 4.39 Å². The highest BCUT2D eigenvalue weighted by Gasteiger charge is 2.15. The van der Waals surface area contributed by atoms with E-state index in [1.54, 1.807) is 12.1 Å². The van der Waals surface area contributed by atoms with Gasteiger partial charge in [-0.2, -0.15) is 5.26 Å². The lowest BCUT2D eigenvalue weighted by molar-refractivity contribution is 0.607. The Bertz CT molecular complexity index is 410. The van der Waals surface area contributed by atoms with Crippen molar-refractivity contribution in [2.24, 2.45) is 0 Å². The molecule has 0 saturated carbocycles. The summed E-state index contributed by atoms with van der Waals surface area (Å²) in [6.45, 7) is 3.96. The number of anilines is 1. The second-order valence-corrected chi connectivity index (χ2v) is 4.37. The summed E-state index contributed by atoms with van der Waals surface area (Å²) >= 11 is 3.08. The van der Waals surface area contributed by atoms with E-state index in [1.165, 1.54) is 0 Å². The summed E-state index contributed by atoms with van der Waals surface area (Å²) < 4.78 is 14.1. The van der Waals surface area contributed by atoms with Gasteiger partial charge in [0.05, 0.1) is 15.7 Å². The first-order valence-corrected chi connectivity index (χ1v) is 5.39. The van der Waals surface area contributed by atoms with Crippen LogP contribution in [0.3, 0.4) is 0 Å². The Morgan fingerprint density at radius 1 is 1.47 bits per heavy atom. The van der Waals surface area contributed by atoms with Crippen molar-refractivity contribution >= 4 is 21.6 Å². The molecule has 0 bridgehead atoms. The van der Waals surface area contributed by atoms with E-state index in [1.807, 2.05) is 31.9 Å². The second-order valence-electron chi connectivity index (χ2n) is 3.58. The third-order valence-corrected chi connectivity index (χ3v) is 3.11. The molecule has 0 aromatic heterocycles. The Kier molecular flexibility index (Phi) is 3.70. The molecule has 1 rings (SSSR count). The van der Waals surface area contributed by atoms with Crippen LogP contribution in [0.4, 0.5) is 10.1 Å². The van der Waals surface area contributed by atoms with E-state index >= 15 is 0 Å². The standard InChI is InChI=1S/C11H12BrFN2/c1-7(2)15(3)9-5-4-8(6-14)10(12)11(9)13/h4-5,7H,1-3H3. The maximum absolute atomic E-state index is 13.8. The fourth-order valence-corrected chi connectivity index (χ4v) is 1.60. The number of halogens is 2. The molecule has 0 atom stereocenters. The average Bonchev–Trinajstić information content (AvgIpc) is 2.21. The lowest BCUT2D eigenvalue weighted by atomic mass is 10.2. The first-order valence-electron chi connectivity index (χ1n) is 4.60. The van der Waals surface area contributed by atoms with Gasteiger partial charge in [0.25, 0.3) is 0 Å². The molecule has 1 aromatic rings. The van der Waals surface area contributed by atoms with Crippen LogP contribution in [0, 0.1) is 17.1 Å². The zero-order chi connectivity index (χ0) is 11.6. The minimum absolute atomic E-state index is 0.208. The first-order chi connectivity index (χ1) is 6.99. The van der Waals surface area contributed by atoms with E-state index in [0.29, 0.717) is 11.3 Å². The molecule has 0 N–H and O–H groups in total. The number of benzene rings is 1. The quantitative estimate of drug-likeness (QED) is 0.825. The van der Waals surface area contributed by atoms with Crippen LogP contribution in [0.1, 0.15) is 19.4 Å². The molecule has 0 aliphatic carbocycles. The number of nitriles is 1. The smallest absolute Gasteiger partial charge is 0.161 e. The van der Waals surface area contributed by atoms with E-state index in [4.69, 9.17) is 5.26 Å². The highest BCUT2D eigenvalue weighted by atomic mass is 79.9. The van der Waals surface area contributed by atoms with Gasteiger partial charge in [0.2, 0.25) is 0 Å². The van der Waals surface area contributed by atoms with Gasteiger partial charge in [-0.25, -0.2) is 4.39 Å². The summed E-state index contributed by atoms with van der Waals surface area (Å²) in [7, 11) is 1.82. The molecule has 0 radical (unpaired) electrons. The van der Waals surface area contributed by atoms with Crippen LogP contribution in [0.2, 0.25) is 0 Å². The van der Waals surface area contributed by atoms with Crippen molar-refractivity contribution in [3.05, 3.63) is 28.0 Å². The predicted octanol–water partition coefficient (Wildman–Crippen LogP) is 3.30. The molecular weight excluding hydrogens is 259 g/mol. The van der Waals surface area contributed by atoms with Crippen LogP contribution in [0.25, 0.3) is 0 Å². The maximum Gasteiger partial charge on any atom is 0.161 e. The van der Waals surface area contributed by atoms with Crippen LogP contribution in [-0.2, 0) is 0 Å². The highest BCUT2D eigenvalue weighted by molar-refractivity contribution is 9.10. The van der Waals surface area contributed by atoms with Crippen molar-refractivity contribution in [2.45, 2.75) is 19.9 Å². The van der Waals surface area contributed by atoms with E-state index in [9.17, 15) is 4.39 Å².